The molecule has 0 amide bonds. The van der Waals surface area contributed by atoms with Gasteiger partial charge in [0.05, 0.1) is 6.16 Å². The number of carbonyl (C=O) groups excluding carboxylic acids is 1. The Morgan fingerprint density at radius 3 is 2.76 bits per heavy atom. The molecule has 0 aliphatic carbocycles. The van der Waals surface area contributed by atoms with Crippen molar-refractivity contribution < 1.29 is 18.8 Å². The van der Waals surface area contributed by atoms with Crippen LogP contribution in [0, 0.1) is 13.8 Å². The van der Waals surface area contributed by atoms with Crippen molar-refractivity contribution in [2.45, 2.75) is 26.7 Å². The summed E-state index contributed by atoms with van der Waals surface area (Å²) in [5, 5.41) is 0. The first kappa shape index (κ1) is 13.9. The van der Waals surface area contributed by atoms with Crippen LogP contribution in [0.15, 0.2) is 18.2 Å². The third-order valence-electron chi connectivity index (χ3n) is 2.56. The minimum Gasteiger partial charge on any atom is -0.424 e. The summed E-state index contributed by atoms with van der Waals surface area (Å²) in [6, 6.07) is 5.37. The van der Waals surface area contributed by atoms with Crippen LogP contribution in [-0.2, 0) is 9.36 Å². The highest BCUT2D eigenvalue weighted by molar-refractivity contribution is 7.53. The van der Waals surface area contributed by atoms with Gasteiger partial charge in [-0.1, -0.05) is 12.1 Å². The number of hydrogen-bond acceptors (Lipinski definition) is 3. The maximum absolute atomic E-state index is 11.7. The van der Waals surface area contributed by atoms with Gasteiger partial charge in [-0.2, -0.15) is 0 Å². The number of rotatable bonds is 6. The van der Waals surface area contributed by atoms with Gasteiger partial charge in [0.15, 0.2) is 0 Å². The van der Waals surface area contributed by atoms with Gasteiger partial charge in [-0.3, -0.25) is 0 Å². The minimum absolute atomic E-state index is 0.000871. The molecule has 1 N–H and O–H groups in total. The van der Waals surface area contributed by atoms with Crippen LogP contribution in [0.4, 0.5) is 0 Å². The maximum atomic E-state index is 11.7. The van der Waals surface area contributed by atoms with E-state index in [1.165, 1.54) is 0 Å². The van der Waals surface area contributed by atoms with E-state index < -0.39 is 7.60 Å². The summed E-state index contributed by atoms with van der Waals surface area (Å²) < 4.78 is 16.9. The highest BCUT2D eigenvalue weighted by Crippen LogP contribution is 2.44. The summed E-state index contributed by atoms with van der Waals surface area (Å²) in [5.41, 5.74) is 1.87. The average Bonchev–Trinajstić information content (AvgIpc) is 2.25. The number of unbranched alkanes of at least 4 members (excludes halogenated alkanes) is 1. The molecule has 1 aromatic rings. The van der Waals surface area contributed by atoms with Crippen LogP contribution in [0.3, 0.4) is 0 Å². The largest absolute Gasteiger partial charge is 0.424 e. The summed E-state index contributed by atoms with van der Waals surface area (Å²) in [5.74, 6) is 0.432. The molecule has 1 atom stereocenters. The van der Waals surface area contributed by atoms with E-state index in [0.717, 1.165) is 17.4 Å². The zero-order valence-corrected chi connectivity index (χ0v) is 10.9. The molecule has 0 saturated heterocycles. The number of hydrogen-bond donors (Lipinski definition) is 1. The van der Waals surface area contributed by atoms with Crippen molar-refractivity contribution in [2.24, 2.45) is 0 Å². The summed E-state index contributed by atoms with van der Waals surface area (Å²) in [6.07, 6.45) is 1.37. The van der Waals surface area contributed by atoms with E-state index in [4.69, 9.17) is 4.52 Å². The van der Waals surface area contributed by atoms with E-state index in [1.807, 2.05) is 19.9 Å². The Bertz CT molecular complexity index is 442. The predicted molar refractivity (Wildman–Crippen MR) is 66.5 cm³/mol. The van der Waals surface area contributed by atoms with Gasteiger partial charge in [0, 0.05) is 6.42 Å². The number of carbonyl (C=O) groups is 1. The topological polar surface area (TPSA) is 63.6 Å². The van der Waals surface area contributed by atoms with Crippen molar-refractivity contribution in [3.63, 3.8) is 0 Å². The molecule has 17 heavy (non-hydrogen) atoms. The lowest BCUT2D eigenvalue weighted by Gasteiger charge is -2.15. The van der Waals surface area contributed by atoms with Crippen LogP contribution in [0.2, 0.25) is 0 Å². The minimum atomic E-state index is -3.65. The number of aryl methyl sites for hydroxylation is 1. The normalized spacial score (nSPS) is 14.1. The highest BCUT2D eigenvalue weighted by Gasteiger charge is 2.21. The second-order valence-corrected chi connectivity index (χ2v) is 5.86. The lowest BCUT2D eigenvalue weighted by molar-refractivity contribution is -0.107. The van der Waals surface area contributed by atoms with Gasteiger partial charge in [0.25, 0.3) is 0 Å². The van der Waals surface area contributed by atoms with Crippen LogP contribution in [0.25, 0.3) is 0 Å². The number of benzene rings is 1. The SMILES string of the molecule is Cc1cccc(OP(=O)(O)CCCC=O)c1C. The van der Waals surface area contributed by atoms with E-state index in [-0.39, 0.29) is 12.6 Å². The summed E-state index contributed by atoms with van der Waals surface area (Å²) >= 11 is 0. The van der Waals surface area contributed by atoms with Crippen LogP contribution in [0.1, 0.15) is 24.0 Å². The zero-order chi connectivity index (χ0) is 12.9. The average molecular weight is 256 g/mol. The molecule has 1 rings (SSSR count). The Morgan fingerprint density at radius 2 is 2.12 bits per heavy atom. The van der Waals surface area contributed by atoms with E-state index in [9.17, 15) is 14.3 Å². The molecule has 0 spiro atoms. The van der Waals surface area contributed by atoms with E-state index in [1.54, 1.807) is 12.1 Å². The Kier molecular flexibility index (Phi) is 4.91. The monoisotopic (exact) mass is 256 g/mol. The molecule has 0 aliphatic rings. The first-order chi connectivity index (χ1) is 7.96. The van der Waals surface area contributed by atoms with E-state index >= 15 is 0 Å². The van der Waals surface area contributed by atoms with Crippen LogP contribution in [0.5, 0.6) is 5.75 Å². The van der Waals surface area contributed by atoms with Gasteiger partial charge in [-0.05, 0) is 37.5 Å². The predicted octanol–water partition coefficient (Wildman–Crippen LogP) is 2.85. The van der Waals surface area contributed by atoms with Crippen LogP contribution in [-0.4, -0.2) is 17.3 Å². The first-order valence-corrected chi connectivity index (χ1v) is 7.24. The van der Waals surface area contributed by atoms with Crippen molar-refractivity contribution in [1.82, 2.24) is 0 Å². The molecule has 0 bridgehead atoms. The molecule has 1 aromatic carbocycles. The molecule has 1 unspecified atom stereocenters. The van der Waals surface area contributed by atoms with Gasteiger partial charge in [0.1, 0.15) is 12.0 Å². The molecule has 0 saturated carbocycles. The van der Waals surface area contributed by atoms with Crippen molar-refractivity contribution in [1.29, 1.82) is 0 Å². The summed E-state index contributed by atoms with van der Waals surface area (Å²) in [4.78, 5) is 19.8. The van der Waals surface area contributed by atoms with Gasteiger partial charge in [0.2, 0.25) is 0 Å². The summed E-state index contributed by atoms with van der Waals surface area (Å²) in [6.45, 7) is 3.76. The molecular weight excluding hydrogens is 239 g/mol. The van der Waals surface area contributed by atoms with Crippen molar-refractivity contribution in [3.05, 3.63) is 29.3 Å². The molecule has 0 aliphatic heterocycles. The Labute approximate surface area is 101 Å². The standard InChI is InChI=1S/C12H17O4P/c1-10-6-5-7-12(11(10)2)16-17(14,15)9-4-3-8-13/h5-8H,3-4,9H2,1-2H3,(H,14,15). The molecule has 5 heteroatoms. The molecular formula is C12H17O4P. The third kappa shape index (κ3) is 4.33. The fourth-order valence-corrected chi connectivity index (χ4v) is 2.58. The second-order valence-electron chi connectivity index (χ2n) is 3.96. The molecule has 0 aromatic heterocycles. The Hall–Kier alpha value is -1.12. The van der Waals surface area contributed by atoms with E-state index in [0.29, 0.717) is 12.2 Å². The molecule has 4 nitrogen and oxygen atoms in total. The lowest BCUT2D eigenvalue weighted by atomic mass is 10.1. The quantitative estimate of drug-likeness (QED) is 0.483. The Balaban J connectivity index is 2.72. The lowest BCUT2D eigenvalue weighted by Crippen LogP contribution is -1.99. The van der Waals surface area contributed by atoms with Gasteiger partial charge < -0.3 is 14.2 Å². The highest BCUT2D eigenvalue weighted by atomic mass is 31.2. The van der Waals surface area contributed by atoms with Crippen molar-refractivity contribution >= 4 is 13.9 Å². The van der Waals surface area contributed by atoms with Crippen LogP contribution >= 0.6 is 7.60 Å². The molecule has 0 heterocycles. The zero-order valence-electron chi connectivity index (χ0n) is 10.0. The first-order valence-electron chi connectivity index (χ1n) is 5.47. The fraction of sp³-hybridized carbons (Fsp3) is 0.417. The van der Waals surface area contributed by atoms with Crippen molar-refractivity contribution in [3.8, 4) is 5.75 Å². The maximum Gasteiger partial charge on any atom is 0.376 e. The third-order valence-corrected chi connectivity index (χ3v) is 3.92. The van der Waals surface area contributed by atoms with Gasteiger partial charge in [-0.15, -0.1) is 0 Å². The fourth-order valence-electron chi connectivity index (χ4n) is 1.40. The second kappa shape index (κ2) is 5.99. The smallest absolute Gasteiger partial charge is 0.376 e. The molecule has 0 radical (unpaired) electrons. The summed E-state index contributed by atoms with van der Waals surface area (Å²) in [7, 11) is -3.65. The van der Waals surface area contributed by atoms with Crippen LogP contribution < -0.4 is 4.52 Å². The van der Waals surface area contributed by atoms with Gasteiger partial charge in [-0.25, -0.2) is 4.57 Å². The molecule has 0 fully saturated rings. The number of aldehydes is 1. The van der Waals surface area contributed by atoms with Gasteiger partial charge >= 0.3 is 7.60 Å². The Morgan fingerprint density at radius 1 is 1.41 bits per heavy atom. The van der Waals surface area contributed by atoms with Crippen molar-refractivity contribution in [2.75, 3.05) is 6.16 Å². The van der Waals surface area contributed by atoms with E-state index in [2.05, 4.69) is 0 Å². The molecule has 94 valence electrons.